The molecular formula is C48H32N2. The summed E-state index contributed by atoms with van der Waals surface area (Å²) in [5, 5.41) is 5.22. The van der Waals surface area contributed by atoms with E-state index in [-0.39, 0.29) is 0 Å². The molecule has 0 aliphatic rings. The monoisotopic (exact) mass is 636 g/mol. The van der Waals surface area contributed by atoms with Gasteiger partial charge in [-0.1, -0.05) is 133 Å². The average molecular weight is 637 g/mol. The van der Waals surface area contributed by atoms with Crippen molar-refractivity contribution >= 4 is 55.2 Å². The molecule has 0 bridgehead atoms. The van der Waals surface area contributed by atoms with E-state index in [4.69, 9.17) is 0 Å². The third-order valence-electron chi connectivity index (χ3n) is 10.1. The minimum Gasteiger partial charge on any atom is -0.311 e. The topological polar surface area (TPSA) is 7.65 Å². The van der Waals surface area contributed by atoms with Crippen LogP contribution in [0.2, 0.25) is 0 Å². The summed E-state index contributed by atoms with van der Waals surface area (Å²) in [6, 6.07) is 70.2. The van der Waals surface area contributed by atoms with Gasteiger partial charge in [0.25, 0.3) is 0 Å². The first-order chi connectivity index (χ1) is 24.8. The number of para-hydroxylation sites is 4. The number of fused-ring (bicyclic) bond motifs is 6. The maximum absolute atomic E-state index is 2.43. The molecule has 0 spiro atoms. The highest BCUT2D eigenvalue weighted by atomic mass is 15.1. The Morgan fingerprint density at radius 1 is 0.280 bits per heavy atom. The van der Waals surface area contributed by atoms with E-state index in [1.165, 1.54) is 71.5 Å². The van der Waals surface area contributed by atoms with Crippen LogP contribution in [0.1, 0.15) is 0 Å². The molecule has 10 rings (SSSR count). The Morgan fingerprint density at radius 2 is 0.620 bits per heavy atom. The zero-order chi connectivity index (χ0) is 33.0. The second-order valence-corrected chi connectivity index (χ2v) is 13.0. The van der Waals surface area contributed by atoms with Crippen molar-refractivity contribution in [3.63, 3.8) is 0 Å². The predicted molar refractivity (Wildman–Crippen MR) is 212 cm³/mol. The van der Waals surface area contributed by atoms with Crippen molar-refractivity contribution in [1.29, 1.82) is 0 Å². The molecule has 0 amide bonds. The molecule has 0 radical (unpaired) electrons. The molecule has 8 aromatic carbocycles. The minimum atomic E-state index is 1.13. The number of nitrogens with zero attached hydrogens (tertiary/aromatic N) is 2. The fourth-order valence-corrected chi connectivity index (χ4v) is 7.73. The van der Waals surface area contributed by atoms with Crippen LogP contribution in [0.25, 0.3) is 71.5 Å². The van der Waals surface area contributed by atoms with Crippen LogP contribution >= 0.6 is 0 Å². The number of anilines is 3. The number of aromatic nitrogens is 1. The highest BCUT2D eigenvalue weighted by molar-refractivity contribution is 6.24. The van der Waals surface area contributed by atoms with Gasteiger partial charge < -0.3 is 9.30 Å². The molecule has 0 aliphatic heterocycles. The number of hydrogen-bond acceptors (Lipinski definition) is 1. The van der Waals surface area contributed by atoms with E-state index in [9.17, 15) is 0 Å². The van der Waals surface area contributed by atoms with Crippen molar-refractivity contribution in [2.75, 3.05) is 4.90 Å². The number of hydrogen-bond donors (Lipinski definition) is 0. The fourth-order valence-electron chi connectivity index (χ4n) is 7.73. The highest BCUT2D eigenvalue weighted by Gasteiger charge is 2.18. The Bertz CT molecular complexity index is 2640. The van der Waals surface area contributed by atoms with Crippen LogP contribution in [0.3, 0.4) is 0 Å². The van der Waals surface area contributed by atoms with Gasteiger partial charge >= 0.3 is 0 Å². The molecule has 10 aromatic rings. The smallest absolute Gasteiger partial charge is 0.0620 e. The first-order valence-corrected chi connectivity index (χ1v) is 17.2. The molecule has 0 aliphatic carbocycles. The molecule has 0 unspecified atom stereocenters. The molecule has 2 nitrogen and oxygen atoms in total. The van der Waals surface area contributed by atoms with Gasteiger partial charge in [-0.15, -0.1) is 0 Å². The van der Waals surface area contributed by atoms with Crippen molar-refractivity contribution < 1.29 is 0 Å². The highest BCUT2D eigenvalue weighted by Crippen LogP contribution is 2.42. The summed E-state index contributed by atoms with van der Waals surface area (Å²) in [7, 11) is 0. The molecule has 2 heterocycles. The lowest BCUT2D eigenvalue weighted by atomic mass is 9.96. The second-order valence-electron chi connectivity index (χ2n) is 13.0. The van der Waals surface area contributed by atoms with E-state index in [2.05, 4.69) is 203 Å². The predicted octanol–water partition coefficient (Wildman–Crippen LogP) is 13.3. The van der Waals surface area contributed by atoms with Crippen LogP contribution in [0.15, 0.2) is 194 Å². The molecule has 0 N–H and O–H groups in total. The lowest BCUT2D eigenvalue weighted by Gasteiger charge is -2.25. The molecule has 50 heavy (non-hydrogen) atoms. The van der Waals surface area contributed by atoms with Gasteiger partial charge in [-0.3, -0.25) is 0 Å². The third kappa shape index (κ3) is 4.57. The number of benzene rings is 8. The summed E-state index contributed by atoms with van der Waals surface area (Å²) >= 11 is 0. The Labute approximate surface area is 291 Å². The van der Waals surface area contributed by atoms with Gasteiger partial charge in [-0.05, 0) is 94.0 Å². The van der Waals surface area contributed by atoms with E-state index in [0.717, 1.165) is 17.1 Å². The zero-order valence-electron chi connectivity index (χ0n) is 27.4. The van der Waals surface area contributed by atoms with E-state index >= 15 is 0 Å². The summed E-state index contributed by atoms with van der Waals surface area (Å²) in [5.74, 6) is 0. The Morgan fingerprint density at radius 3 is 1.06 bits per heavy atom. The van der Waals surface area contributed by atoms with Gasteiger partial charge in [0.15, 0.2) is 0 Å². The van der Waals surface area contributed by atoms with Crippen LogP contribution < -0.4 is 4.90 Å². The van der Waals surface area contributed by atoms with Crippen molar-refractivity contribution in [2.24, 2.45) is 0 Å². The average Bonchev–Trinajstić information content (AvgIpc) is 3.71. The van der Waals surface area contributed by atoms with Crippen molar-refractivity contribution in [3.05, 3.63) is 194 Å². The van der Waals surface area contributed by atoms with Gasteiger partial charge in [-0.25, -0.2) is 0 Å². The van der Waals surface area contributed by atoms with Crippen molar-refractivity contribution in [1.82, 2.24) is 4.40 Å². The van der Waals surface area contributed by atoms with E-state index in [1.807, 2.05) is 0 Å². The normalized spacial score (nSPS) is 11.6. The SMILES string of the molecule is c1ccc(N(c2ccccc2)c2ccc(-c3ccc(-c4ccc(-c5cc6c7ccccc7n7c8ccccc8c(c5)c67)cc4)cc3)cc2)cc1. The fraction of sp³-hybridized carbons (Fsp3) is 0. The standard InChI is InChI=1S/C48H32N2/c1-3-11-39(12-4-1)49(40-13-5-2-6-14-40)41-29-27-36(28-30-41)35-21-19-33(20-22-35)34-23-25-37(26-24-34)38-31-44-42-15-7-9-17-46(42)50-47-18-10-8-16-43(47)45(32-38)48(44)50/h1-32H. The van der Waals surface area contributed by atoms with Crippen LogP contribution in [0.5, 0.6) is 0 Å². The largest absolute Gasteiger partial charge is 0.311 e. The van der Waals surface area contributed by atoms with Crippen molar-refractivity contribution in [3.8, 4) is 33.4 Å². The Balaban J connectivity index is 0.948. The molecular weight excluding hydrogens is 605 g/mol. The lowest BCUT2D eigenvalue weighted by molar-refractivity contribution is 1.28. The Kier molecular flexibility index (Phi) is 6.53. The molecule has 2 aromatic heterocycles. The molecule has 234 valence electrons. The summed E-state index contributed by atoms with van der Waals surface area (Å²) in [6.45, 7) is 0. The molecule has 2 heteroatoms. The summed E-state index contributed by atoms with van der Waals surface area (Å²) in [5.41, 5.74) is 14.5. The summed E-state index contributed by atoms with van der Waals surface area (Å²) in [4.78, 5) is 2.29. The maximum atomic E-state index is 2.43. The zero-order valence-corrected chi connectivity index (χ0v) is 27.4. The minimum absolute atomic E-state index is 1.13. The molecule has 0 saturated carbocycles. The van der Waals surface area contributed by atoms with Crippen LogP contribution in [-0.4, -0.2) is 4.40 Å². The van der Waals surface area contributed by atoms with Gasteiger partial charge in [0.05, 0.1) is 16.6 Å². The van der Waals surface area contributed by atoms with Gasteiger partial charge in [0.1, 0.15) is 0 Å². The van der Waals surface area contributed by atoms with Crippen LogP contribution in [0.4, 0.5) is 17.1 Å². The van der Waals surface area contributed by atoms with Crippen molar-refractivity contribution in [2.45, 2.75) is 0 Å². The number of rotatable bonds is 6. The van der Waals surface area contributed by atoms with Gasteiger partial charge in [-0.2, -0.15) is 0 Å². The molecule has 0 atom stereocenters. The second kappa shape index (κ2) is 11.5. The van der Waals surface area contributed by atoms with Crippen LogP contribution in [0, 0.1) is 0 Å². The first kappa shape index (κ1) is 28.4. The lowest BCUT2D eigenvalue weighted by Crippen LogP contribution is -2.09. The molecule has 0 saturated heterocycles. The molecule has 0 fully saturated rings. The van der Waals surface area contributed by atoms with Gasteiger partial charge in [0, 0.05) is 38.6 Å². The van der Waals surface area contributed by atoms with Crippen LogP contribution in [-0.2, 0) is 0 Å². The van der Waals surface area contributed by atoms with E-state index in [0.29, 0.717) is 0 Å². The van der Waals surface area contributed by atoms with Gasteiger partial charge in [0.2, 0.25) is 0 Å². The Hall–Kier alpha value is -6.64. The maximum Gasteiger partial charge on any atom is 0.0620 e. The van der Waals surface area contributed by atoms with E-state index < -0.39 is 0 Å². The third-order valence-corrected chi connectivity index (χ3v) is 10.1. The summed E-state index contributed by atoms with van der Waals surface area (Å²) in [6.07, 6.45) is 0. The van der Waals surface area contributed by atoms with E-state index in [1.54, 1.807) is 0 Å². The first-order valence-electron chi connectivity index (χ1n) is 17.2. The quantitative estimate of drug-likeness (QED) is 0.176. The summed E-state index contributed by atoms with van der Waals surface area (Å²) < 4.78 is 2.43.